The summed E-state index contributed by atoms with van der Waals surface area (Å²) in [6, 6.07) is 26.5. The van der Waals surface area contributed by atoms with E-state index in [0.29, 0.717) is 45.9 Å². The number of hydrogen-bond donors (Lipinski definition) is 6. The third kappa shape index (κ3) is 9.31. The van der Waals surface area contributed by atoms with Gasteiger partial charge in [-0.05, 0) is 232 Å². The zero-order chi connectivity index (χ0) is 60.0. The number of piperidine rings is 4. The first-order valence-corrected chi connectivity index (χ1v) is 30.5. The molecular formula is C68H86N12O4. The van der Waals surface area contributed by atoms with E-state index in [2.05, 4.69) is 194 Å². The van der Waals surface area contributed by atoms with E-state index in [1.165, 1.54) is 20.3 Å². The maximum absolute atomic E-state index is 11.4. The van der Waals surface area contributed by atoms with E-state index in [1.54, 1.807) is 0 Å². The van der Waals surface area contributed by atoms with Gasteiger partial charge in [0, 0.05) is 88.1 Å². The number of aromatic nitrogens is 8. The maximum atomic E-state index is 11.4. The van der Waals surface area contributed by atoms with Gasteiger partial charge in [0.2, 0.25) is 0 Å². The Bertz CT molecular complexity index is 3710. The van der Waals surface area contributed by atoms with Gasteiger partial charge in [-0.3, -0.25) is 0 Å². The minimum absolute atomic E-state index is 0.151. The van der Waals surface area contributed by atoms with Crippen molar-refractivity contribution in [2.45, 2.75) is 230 Å². The minimum atomic E-state index is -0.458. The summed E-state index contributed by atoms with van der Waals surface area (Å²) in [6.45, 7) is 33.8. The summed E-state index contributed by atoms with van der Waals surface area (Å²) in [5.41, 5.74) is 6.90. The lowest BCUT2D eigenvalue weighted by atomic mass is 9.72. The second-order valence-corrected chi connectivity index (χ2v) is 31.0. The number of H-pyrrole nitrogens is 2. The molecule has 4 saturated heterocycles. The summed E-state index contributed by atoms with van der Waals surface area (Å²) >= 11 is 0. The Morgan fingerprint density at radius 3 is 0.798 bits per heavy atom. The molecule has 0 radical (unpaired) electrons. The average Bonchev–Trinajstić information content (AvgIpc) is 2.91. The molecule has 3 aromatic heterocycles. The quantitative estimate of drug-likeness (QED) is 0.0971. The lowest BCUT2D eigenvalue weighted by molar-refractivity contribution is -0.245. The molecule has 4 aromatic carbocycles. The van der Waals surface area contributed by atoms with Crippen LogP contribution in [0.25, 0.3) is 89.7 Å². The molecule has 8 bridgehead atoms. The second kappa shape index (κ2) is 18.7. The van der Waals surface area contributed by atoms with Gasteiger partial charge in [0.05, 0.1) is 0 Å². The van der Waals surface area contributed by atoms with E-state index < -0.39 is 44.3 Å². The van der Waals surface area contributed by atoms with Gasteiger partial charge in [-0.2, -0.15) is 20.3 Å². The zero-order valence-corrected chi connectivity index (χ0v) is 52.2. The number of nitrogens with one attached hydrogen (secondary N) is 2. The maximum Gasteiger partial charge on any atom is 0.164 e. The van der Waals surface area contributed by atoms with Gasteiger partial charge in [0.25, 0.3) is 0 Å². The van der Waals surface area contributed by atoms with Crippen LogP contribution in [0.2, 0.25) is 0 Å². The summed E-state index contributed by atoms with van der Waals surface area (Å²) in [7, 11) is 0. The SMILES string of the molecule is CC1(C)CC(c2ccc3c(c2)-c2nc-3nc3[nH]c(nc4nc(nc5[nH]c(n2)c2ccc(C6CC(C)(C)N(O)C(C)(C)C6)cc52)-c2ccc(C5CC(C)(C)N(O)C(C)(C)C5)cc2-4)c2ccc(C4CC(C)(C)N(O)C(C)(C)C4)cc32)CC(C)(C)N1O. The van der Waals surface area contributed by atoms with Gasteiger partial charge in [-0.1, -0.05) is 48.5 Å². The molecule has 0 atom stereocenters. The predicted octanol–water partition coefficient (Wildman–Crippen LogP) is 15.4. The Morgan fingerprint density at radius 2 is 0.524 bits per heavy atom. The molecule has 6 aliphatic rings. The summed E-state index contributed by atoms with van der Waals surface area (Å²) in [5.74, 6) is 2.71. The second-order valence-electron chi connectivity index (χ2n) is 31.0. The standard InChI is InChI=1S/C68H86N12O4/c1-61(2)29-41(30-62(3,4)77(61)81)37-17-21-45-49(25-37)57-69-53(45)74-58-51-27-39(43-33-65(9,10)79(83)66(11,12)34-43)19-23-47(51)55(71-58)76-60-52-28-40(44-35-67(13,14)80(84)68(15,16)36-44)20-24-48(52)56(72-60)75-59-50-26-38(18-22-46(50)54(70-59)73-57)42-31-63(5,6)78(82)64(7,8)32-42/h17-28,41-44,81-84H,29-36H2,1-16H3,(H2,69,70,71,72,73,74,75,76). The van der Waals surface area contributed by atoms with Crippen molar-refractivity contribution in [1.82, 2.24) is 60.1 Å². The highest BCUT2D eigenvalue weighted by Crippen LogP contribution is 2.51. The predicted molar refractivity (Wildman–Crippen MR) is 331 cm³/mol. The smallest absolute Gasteiger partial charge is 0.164 e. The molecule has 84 heavy (non-hydrogen) atoms. The molecule has 6 aliphatic heterocycles. The van der Waals surface area contributed by atoms with E-state index >= 15 is 0 Å². The fraction of sp³-hybridized carbons (Fsp3) is 0.529. The van der Waals surface area contributed by atoms with Crippen molar-refractivity contribution in [2.75, 3.05) is 0 Å². The van der Waals surface area contributed by atoms with Crippen LogP contribution in [0.4, 0.5) is 0 Å². The lowest BCUT2D eigenvalue weighted by Gasteiger charge is -2.51. The molecule has 442 valence electrons. The molecule has 0 unspecified atom stereocenters. The normalized spacial score (nSPS) is 23.5. The molecule has 7 aromatic rings. The number of rotatable bonds is 4. The van der Waals surface area contributed by atoms with Gasteiger partial charge >= 0.3 is 0 Å². The Labute approximate surface area is 493 Å². The first-order chi connectivity index (χ1) is 39.1. The van der Waals surface area contributed by atoms with Crippen molar-refractivity contribution >= 4 is 44.1 Å². The van der Waals surface area contributed by atoms with Crippen molar-refractivity contribution < 1.29 is 20.8 Å². The molecule has 13 rings (SSSR count). The van der Waals surface area contributed by atoms with Crippen LogP contribution in [-0.4, -0.2) is 125 Å². The van der Waals surface area contributed by atoms with Crippen molar-refractivity contribution in [3.8, 4) is 45.6 Å². The van der Waals surface area contributed by atoms with E-state index in [9.17, 15) is 20.8 Å². The lowest BCUT2D eigenvalue weighted by Crippen LogP contribution is -2.58. The third-order valence-electron chi connectivity index (χ3n) is 20.4. The Balaban J connectivity index is 1.08. The van der Waals surface area contributed by atoms with Crippen molar-refractivity contribution in [1.29, 1.82) is 0 Å². The Hall–Kier alpha value is -6.08. The number of aromatic amines is 2. The van der Waals surface area contributed by atoms with Crippen LogP contribution in [0, 0.1) is 0 Å². The zero-order valence-electron chi connectivity index (χ0n) is 52.2. The topological polar surface area (TPSA) is 203 Å². The number of hydrogen-bond acceptors (Lipinski definition) is 14. The fourth-order valence-electron chi connectivity index (χ4n) is 16.9. The highest BCUT2D eigenvalue weighted by Gasteiger charge is 2.49. The fourth-order valence-corrected chi connectivity index (χ4v) is 16.9. The molecule has 0 amide bonds. The molecule has 6 N–H and O–H groups in total. The van der Waals surface area contributed by atoms with Crippen molar-refractivity contribution in [3.63, 3.8) is 0 Å². The summed E-state index contributed by atoms with van der Waals surface area (Å²) in [4.78, 5) is 40.4. The first-order valence-electron chi connectivity index (χ1n) is 30.5. The summed E-state index contributed by atoms with van der Waals surface area (Å²) < 4.78 is 0. The minimum Gasteiger partial charge on any atom is -0.324 e. The number of fused-ring (bicyclic) bond motifs is 20. The molecule has 16 nitrogen and oxygen atoms in total. The molecule has 16 heteroatoms. The van der Waals surface area contributed by atoms with E-state index in [1.807, 2.05) is 0 Å². The molecule has 4 fully saturated rings. The van der Waals surface area contributed by atoms with E-state index in [-0.39, 0.29) is 23.7 Å². The van der Waals surface area contributed by atoms with E-state index in [0.717, 1.165) is 117 Å². The molecule has 0 spiro atoms. The third-order valence-corrected chi connectivity index (χ3v) is 20.4. The van der Waals surface area contributed by atoms with Crippen LogP contribution >= 0.6 is 0 Å². The summed E-state index contributed by atoms with van der Waals surface area (Å²) in [5, 5.41) is 55.3. The highest BCUT2D eigenvalue weighted by atomic mass is 16.5. The molecule has 0 aliphatic carbocycles. The number of nitrogens with zero attached hydrogens (tertiary/aromatic N) is 10. The van der Waals surface area contributed by atoms with Gasteiger partial charge < -0.3 is 30.8 Å². The van der Waals surface area contributed by atoms with Crippen LogP contribution in [0.1, 0.15) is 208 Å². The van der Waals surface area contributed by atoms with Crippen LogP contribution in [0.3, 0.4) is 0 Å². The number of hydroxylamine groups is 8. The largest absolute Gasteiger partial charge is 0.324 e. The summed E-state index contributed by atoms with van der Waals surface area (Å²) in [6.07, 6.45) is 6.10. The van der Waals surface area contributed by atoms with Crippen LogP contribution in [0.15, 0.2) is 72.8 Å². The Kier molecular flexibility index (Phi) is 12.7. The van der Waals surface area contributed by atoms with Gasteiger partial charge in [0.1, 0.15) is 22.6 Å². The number of benzene rings is 4. The van der Waals surface area contributed by atoms with Gasteiger partial charge in [-0.15, -0.1) is 0 Å². The van der Waals surface area contributed by atoms with Crippen LogP contribution in [0.5, 0.6) is 0 Å². The van der Waals surface area contributed by atoms with Gasteiger partial charge in [-0.25, -0.2) is 29.9 Å². The Morgan fingerprint density at radius 1 is 0.298 bits per heavy atom. The van der Waals surface area contributed by atoms with Crippen LogP contribution < -0.4 is 0 Å². The van der Waals surface area contributed by atoms with Crippen LogP contribution in [-0.2, 0) is 0 Å². The first kappa shape index (κ1) is 57.0. The molecule has 9 heterocycles. The molecular weight excluding hydrogens is 1050 g/mol. The average molecular weight is 1140 g/mol. The van der Waals surface area contributed by atoms with Crippen molar-refractivity contribution in [2.24, 2.45) is 0 Å². The van der Waals surface area contributed by atoms with E-state index in [4.69, 9.17) is 29.9 Å². The van der Waals surface area contributed by atoms with Crippen molar-refractivity contribution in [3.05, 3.63) is 95.1 Å². The van der Waals surface area contributed by atoms with Gasteiger partial charge in [0.15, 0.2) is 23.3 Å². The monoisotopic (exact) mass is 1130 g/mol. The highest BCUT2D eigenvalue weighted by molar-refractivity contribution is 6.07. The molecule has 0 saturated carbocycles.